The molecule has 172 valence electrons. The molecular weight excluding hydrogens is 440 g/mol. The summed E-state index contributed by atoms with van der Waals surface area (Å²) in [6.45, 7) is 4.84. The highest BCUT2D eigenvalue weighted by Gasteiger charge is 2.51. The fraction of sp³-hybridized carbons (Fsp3) is 0.360. The third-order valence-electron chi connectivity index (χ3n) is 5.83. The van der Waals surface area contributed by atoms with Crippen LogP contribution in [-0.4, -0.2) is 42.0 Å². The molecule has 0 aliphatic carbocycles. The van der Waals surface area contributed by atoms with E-state index < -0.39 is 11.6 Å². The number of amides is 1. The number of nitrogens with zero attached hydrogens (tertiary/aromatic N) is 2. The largest absolute Gasteiger partial charge is 0.494 e. The highest BCUT2D eigenvalue weighted by molar-refractivity contribution is 8.03. The van der Waals surface area contributed by atoms with Gasteiger partial charge in [0.2, 0.25) is 5.91 Å². The van der Waals surface area contributed by atoms with Crippen molar-refractivity contribution in [3.05, 3.63) is 64.2 Å². The number of ether oxygens (including phenoxy) is 3. The zero-order valence-corrected chi connectivity index (χ0v) is 19.6. The minimum atomic E-state index is -1.52. The van der Waals surface area contributed by atoms with Crippen LogP contribution in [0.2, 0.25) is 0 Å². The Hall–Kier alpha value is -3.15. The second kappa shape index (κ2) is 9.38. The normalized spacial score (nSPS) is 22.1. The van der Waals surface area contributed by atoms with Crippen molar-refractivity contribution in [3.63, 3.8) is 0 Å². The number of thioether (sulfide) groups is 1. The number of rotatable bonds is 7. The Morgan fingerprint density at radius 2 is 1.88 bits per heavy atom. The van der Waals surface area contributed by atoms with Gasteiger partial charge >= 0.3 is 0 Å². The summed E-state index contributed by atoms with van der Waals surface area (Å²) in [4.78, 5) is 14.7. The third-order valence-corrected chi connectivity index (χ3v) is 7.05. The zero-order valence-electron chi connectivity index (χ0n) is 18.8. The van der Waals surface area contributed by atoms with Crippen LogP contribution in [-0.2, 0) is 10.5 Å². The van der Waals surface area contributed by atoms with Crippen LogP contribution in [0.5, 0.6) is 17.2 Å². The van der Waals surface area contributed by atoms with Crippen molar-refractivity contribution >= 4 is 17.7 Å². The summed E-state index contributed by atoms with van der Waals surface area (Å²) in [6.07, 6.45) is 0.0728. The van der Waals surface area contributed by atoms with Crippen molar-refractivity contribution in [2.24, 2.45) is 0 Å². The van der Waals surface area contributed by atoms with E-state index in [1.807, 2.05) is 26.0 Å². The molecule has 7 nitrogen and oxygen atoms in total. The number of aliphatic hydroxyl groups is 1. The van der Waals surface area contributed by atoms with Gasteiger partial charge in [-0.25, -0.2) is 0 Å². The topological polar surface area (TPSA) is 92.0 Å². The van der Waals surface area contributed by atoms with Gasteiger partial charge in [0.25, 0.3) is 0 Å². The standard InChI is InChI=1S/C25H26N2O5S/c1-4-31-18-9-7-17(8-10-18)25(29)15-33-24-20(14-26)19(13-23(28)27(24)25)16-6-11-21(32-5-2)22(12-16)30-3/h6-12,19,29H,4-5,13,15H2,1-3H3. The third kappa shape index (κ3) is 4.03. The Kier molecular flexibility index (Phi) is 6.54. The van der Waals surface area contributed by atoms with Crippen molar-refractivity contribution in [3.8, 4) is 23.3 Å². The van der Waals surface area contributed by atoms with E-state index in [0.29, 0.717) is 46.6 Å². The molecule has 2 aromatic rings. The Morgan fingerprint density at radius 3 is 2.52 bits per heavy atom. The molecule has 0 spiro atoms. The van der Waals surface area contributed by atoms with E-state index in [-0.39, 0.29) is 18.1 Å². The molecule has 0 saturated carbocycles. The summed E-state index contributed by atoms with van der Waals surface area (Å²) in [7, 11) is 1.56. The summed E-state index contributed by atoms with van der Waals surface area (Å²) in [6, 6.07) is 14.8. The van der Waals surface area contributed by atoms with Crippen LogP contribution in [0.15, 0.2) is 53.1 Å². The molecule has 0 radical (unpaired) electrons. The number of benzene rings is 2. The van der Waals surface area contributed by atoms with E-state index in [4.69, 9.17) is 14.2 Å². The summed E-state index contributed by atoms with van der Waals surface area (Å²) in [5, 5.41) is 22.1. The number of carbonyl (C=O) groups excluding carboxylic acids is 1. The van der Waals surface area contributed by atoms with Crippen molar-refractivity contribution in [1.29, 1.82) is 5.26 Å². The van der Waals surface area contributed by atoms with Gasteiger partial charge in [-0.1, -0.05) is 18.2 Å². The van der Waals surface area contributed by atoms with Crippen LogP contribution in [0, 0.1) is 11.3 Å². The fourth-order valence-electron chi connectivity index (χ4n) is 4.28. The summed E-state index contributed by atoms with van der Waals surface area (Å²) < 4.78 is 16.5. The van der Waals surface area contributed by atoms with E-state index in [2.05, 4.69) is 6.07 Å². The molecule has 2 atom stereocenters. The number of carbonyl (C=O) groups is 1. The predicted octanol–water partition coefficient (Wildman–Crippen LogP) is 4.14. The van der Waals surface area contributed by atoms with Gasteiger partial charge in [0.15, 0.2) is 17.2 Å². The van der Waals surface area contributed by atoms with Gasteiger partial charge in [0, 0.05) is 17.9 Å². The molecule has 1 saturated heterocycles. The number of hydrogen-bond donors (Lipinski definition) is 1. The maximum absolute atomic E-state index is 13.3. The van der Waals surface area contributed by atoms with Gasteiger partial charge in [0.1, 0.15) is 5.75 Å². The Labute approximate surface area is 197 Å². The molecule has 4 rings (SSSR count). The van der Waals surface area contributed by atoms with Crippen LogP contribution in [0.3, 0.4) is 0 Å². The average molecular weight is 467 g/mol. The van der Waals surface area contributed by atoms with Crippen LogP contribution >= 0.6 is 11.8 Å². The van der Waals surface area contributed by atoms with Gasteiger partial charge in [-0.05, 0) is 43.7 Å². The van der Waals surface area contributed by atoms with Gasteiger partial charge in [0.05, 0.1) is 42.7 Å². The number of methoxy groups -OCH3 is 1. The van der Waals surface area contributed by atoms with Crippen molar-refractivity contribution in [1.82, 2.24) is 4.90 Å². The smallest absolute Gasteiger partial charge is 0.231 e. The monoisotopic (exact) mass is 466 g/mol. The fourth-order valence-corrected chi connectivity index (χ4v) is 5.64. The molecule has 2 aliphatic heterocycles. The van der Waals surface area contributed by atoms with Gasteiger partial charge in [-0.3, -0.25) is 9.69 Å². The molecule has 0 aromatic heterocycles. The van der Waals surface area contributed by atoms with Crippen LogP contribution < -0.4 is 14.2 Å². The lowest BCUT2D eigenvalue weighted by molar-refractivity contribution is -0.149. The Morgan fingerprint density at radius 1 is 1.15 bits per heavy atom. The van der Waals surface area contributed by atoms with E-state index in [1.54, 1.807) is 37.4 Å². The molecular formula is C25H26N2O5S. The van der Waals surface area contributed by atoms with Gasteiger partial charge in [-0.15, -0.1) is 11.8 Å². The average Bonchev–Trinajstić information content (AvgIpc) is 3.19. The lowest BCUT2D eigenvalue weighted by atomic mass is 9.85. The number of hydrogen-bond acceptors (Lipinski definition) is 7. The lowest BCUT2D eigenvalue weighted by Gasteiger charge is -2.38. The maximum atomic E-state index is 13.3. The lowest BCUT2D eigenvalue weighted by Crippen LogP contribution is -2.48. The van der Waals surface area contributed by atoms with E-state index in [1.165, 1.54) is 16.7 Å². The minimum Gasteiger partial charge on any atom is -0.494 e. The van der Waals surface area contributed by atoms with Crippen molar-refractivity contribution in [2.45, 2.75) is 31.9 Å². The number of fused-ring (bicyclic) bond motifs is 1. The summed E-state index contributed by atoms with van der Waals surface area (Å²) in [5.41, 5.74) is 0.322. The highest BCUT2D eigenvalue weighted by atomic mass is 32.2. The molecule has 0 bridgehead atoms. The molecule has 2 aliphatic rings. The molecule has 2 heterocycles. The van der Waals surface area contributed by atoms with E-state index in [0.717, 1.165) is 5.56 Å². The molecule has 33 heavy (non-hydrogen) atoms. The van der Waals surface area contributed by atoms with E-state index >= 15 is 0 Å². The molecule has 8 heteroatoms. The quantitative estimate of drug-likeness (QED) is 0.656. The van der Waals surface area contributed by atoms with Crippen molar-refractivity contribution in [2.75, 3.05) is 26.1 Å². The molecule has 2 aromatic carbocycles. The van der Waals surface area contributed by atoms with E-state index in [9.17, 15) is 15.2 Å². The highest BCUT2D eigenvalue weighted by Crippen LogP contribution is 2.52. The first-order valence-electron chi connectivity index (χ1n) is 10.8. The predicted molar refractivity (Wildman–Crippen MR) is 125 cm³/mol. The second-order valence-corrected chi connectivity index (χ2v) is 8.69. The summed E-state index contributed by atoms with van der Waals surface area (Å²) >= 11 is 1.32. The maximum Gasteiger partial charge on any atom is 0.231 e. The Bertz CT molecular complexity index is 1120. The minimum absolute atomic E-state index is 0.0728. The van der Waals surface area contributed by atoms with Gasteiger partial charge in [-0.2, -0.15) is 5.26 Å². The zero-order chi connectivity index (χ0) is 23.6. The summed E-state index contributed by atoms with van der Waals surface area (Å²) in [5.74, 6) is 1.44. The second-order valence-electron chi connectivity index (χ2n) is 7.72. The first-order chi connectivity index (χ1) is 16.0. The SMILES string of the molecule is CCOc1ccc(C2(O)CSC3=C(C#N)C(c4ccc(OCC)c(OC)c4)CC(=O)N32)cc1. The molecule has 1 fully saturated rings. The molecule has 2 unspecified atom stereocenters. The van der Waals surface area contributed by atoms with Crippen LogP contribution in [0.1, 0.15) is 37.3 Å². The number of nitriles is 1. The number of allylic oxidation sites excluding steroid dienone is 1. The van der Waals surface area contributed by atoms with Crippen LogP contribution in [0.25, 0.3) is 0 Å². The Balaban J connectivity index is 1.72. The van der Waals surface area contributed by atoms with Gasteiger partial charge < -0.3 is 19.3 Å². The first-order valence-corrected chi connectivity index (χ1v) is 11.8. The van der Waals surface area contributed by atoms with Crippen LogP contribution in [0.4, 0.5) is 0 Å². The molecule has 1 N–H and O–H groups in total. The first kappa shape index (κ1) is 23.0. The molecule has 1 amide bonds. The van der Waals surface area contributed by atoms with Crippen molar-refractivity contribution < 1.29 is 24.1 Å².